The maximum Gasteiger partial charge on any atom is 0.264 e. The lowest BCUT2D eigenvalue weighted by Crippen LogP contribution is -2.29. The van der Waals surface area contributed by atoms with E-state index in [1.54, 1.807) is 17.6 Å². The fourth-order valence-electron chi connectivity index (χ4n) is 2.43. The van der Waals surface area contributed by atoms with Gasteiger partial charge in [-0.05, 0) is 43.2 Å². The molecule has 23 heavy (non-hydrogen) atoms. The van der Waals surface area contributed by atoms with Gasteiger partial charge in [0.25, 0.3) is 5.91 Å². The summed E-state index contributed by atoms with van der Waals surface area (Å²) in [6.07, 6.45) is 1.64. The van der Waals surface area contributed by atoms with Crippen molar-refractivity contribution in [2.24, 2.45) is 0 Å². The largest absolute Gasteiger partial charge is 0.467 e. The number of rotatable bonds is 5. The smallest absolute Gasteiger partial charge is 0.264 e. The molecule has 1 aromatic carbocycles. The van der Waals surface area contributed by atoms with Crippen molar-refractivity contribution in [3.8, 4) is 0 Å². The lowest BCUT2D eigenvalue weighted by molar-refractivity contribution is 0.0722. The summed E-state index contributed by atoms with van der Waals surface area (Å²) in [6.45, 7) is 5.12. The summed E-state index contributed by atoms with van der Waals surface area (Å²) in [4.78, 5) is 16.7. The van der Waals surface area contributed by atoms with Crippen LogP contribution < -0.4 is 0 Å². The van der Waals surface area contributed by atoms with Gasteiger partial charge in [-0.1, -0.05) is 30.3 Å². The minimum Gasteiger partial charge on any atom is -0.467 e. The highest BCUT2D eigenvalue weighted by molar-refractivity contribution is 7.14. The normalized spacial score (nSPS) is 10.7. The van der Waals surface area contributed by atoms with Gasteiger partial charge in [-0.2, -0.15) is 0 Å². The van der Waals surface area contributed by atoms with Crippen LogP contribution in [0.1, 0.15) is 31.4 Å². The molecule has 0 aliphatic carbocycles. The van der Waals surface area contributed by atoms with Gasteiger partial charge >= 0.3 is 0 Å². The minimum absolute atomic E-state index is 0.0476. The number of furan rings is 1. The highest BCUT2D eigenvalue weighted by Gasteiger charge is 2.20. The first-order valence-electron chi connectivity index (χ1n) is 7.56. The van der Waals surface area contributed by atoms with Gasteiger partial charge in [0.2, 0.25) is 0 Å². The van der Waals surface area contributed by atoms with E-state index in [1.165, 1.54) is 4.88 Å². The van der Waals surface area contributed by atoms with Crippen molar-refractivity contribution < 1.29 is 9.21 Å². The second kappa shape index (κ2) is 6.84. The third kappa shape index (κ3) is 3.71. The van der Waals surface area contributed by atoms with Crippen molar-refractivity contribution in [1.82, 2.24) is 4.90 Å². The van der Waals surface area contributed by atoms with Gasteiger partial charge in [0, 0.05) is 11.4 Å². The summed E-state index contributed by atoms with van der Waals surface area (Å²) in [7, 11) is 0. The first-order chi connectivity index (χ1) is 11.1. The average Bonchev–Trinajstić information content (AvgIpc) is 3.17. The lowest BCUT2D eigenvalue weighted by atomic mass is 10.2. The number of carbonyl (C=O) groups is 1. The molecule has 4 heteroatoms. The summed E-state index contributed by atoms with van der Waals surface area (Å²) < 4.78 is 5.43. The lowest BCUT2D eigenvalue weighted by Gasteiger charge is -2.21. The Balaban J connectivity index is 1.85. The quantitative estimate of drug-likeness (QED) is 0.675. The molecule has 3 rings (SSSR count). The molecule has 0 spiro atoms. The van der Waals surface area contributed by atoms with Gasteiger partial charge in [-0.25, -0.2) is 0 Å². The molecule has 1 amide bonds. The first kappa shape index (κ1) is 15.6. The Bertz CT molecular complexity index is 756. The summed E-state index contributed by atoms with van der Waals surface area (Å²) in [5.74, 6) is 0.839. The molecule has 0 aliphatic rings. The van der Waals surface area contributed by atoms with Crippen molar-refractivity contribution in [2.45, 2.75) is 26.9 Å². The zero-order valence-corrected chi connectivity index (χ0v) is 14.1. The van der Waals surface area contributed by atoms with Crippen LogP contribution in [0, 0.1) is 13.8 Å². The van der Waals surface area contributed by atoms with Crippen molar-refractivity contribution in [2.75, 3.05) is 0 Å². The Labute approximate surface area is 140 Å². The number of hydrogen-bond acceptors (Lipinski definition) is 3. The van der Waals surface area contributed by atoms with E-state index >= 15 is 0 Å². The van der Waals surface area contributed by atoms with Gasteiger partial charge in [-0.3, -0.25) is 4.79 Å². The van der Waals surface area contributed by atoms with Crippen molar-refractivity contribution in [1.29, 1.82) is 0 Å². The minimum atomic E-state index is 0.0476. The zero-order chi connectivity index (χ0) is 16.2. The van der Waals surface area contributed by atoms with E-state index in [-0.39, 0.29) is 5.91 Å². The SMILES string of the molecule is Cc1cc(C(=O)N(Cc2ccccc2)Cc2ccco2)sc1C. The molecule has 3 aromatic rings. The highest BCUT2D eigenvalue weighted by atomic mass is 32.1. The predicted octanol–water partition coefficient (Wildman–Crippen LogP) is 4.80. The maximum absolute atomic E-state index is 12.9. The van der Waals surface area contributed by atoms with E-state index in [4.69, 9.17) is 4.42 Å². The summed E-state index contributed by atoms with van der Waals surface area (Å²) in [5, 5.41) is 0. The topological polar surface area (TPSA) is 33.5 Å². The molecule has 0 fully saturated rings. The number of amides is 1. The number of aryl methyl sites for hydroxylation is 2. The van der Waals surface area contributed by atoms with E-state index in [0.717, 1.165) is 21.8 Å². The summed E-state index contributed by atoms with van der Waals surface area (Å²) >= 11 is 1.55. The molecule has 0 saturated carbocycles. The molecule has 0 saturated heterocycles. The molecule has 2 heterocycles. The average molecular weight is 325 g/mol. The van der Waals surface area contributed by atoms with Crippen LogP contribution in [0.2, 0.25) is 0 Å². The Morgan fingerprint density at radius 2 is 1.87 bits per heavy atom. The number of hydrogen-bond donors (Lipinski definition) is 0. The zero-order valence-electron chi connectivity index (χ0n) is 13.3. The van der Waals surface area contributed by atoms with Crippen LogP contribution in [0.3, 0.4) is 0 Å². The summed E-state index contributed by atoms with van der Waals surface area (Å²) in [5.41, 5.74) is 2.27. The van der Waals surface area contributed by atoms with E-state index in [9.17, 15) is 4.79 Å². The third-order valence-corrected chi connectivity index (χ3v) is 4.95. The fourth-order valence-corrected chi connectivity index (χ4v) is 3.43. The Hall–Kier alpha value is -2.33. The van der Waals surface area contributed by atoms with Crippen molar-refractivity contribution >= 4 is 17.2 Å². The number of thiophene rings is 1. The third-order valence-electron chi connectivity index (χ3n) is 3.81. The Kier molecular flexibility index (Phi) is 4.63. The summed E-state index contributed by atoms with van der Waals surface area (Å²) in [6, 6.07) is 15.8. The van der Waals surface area contributed by atoms with E-state index in [2.05, 4.69) is 0 Å². The molecule has 0 bridgehead atoms. The number of nitrogens with zero attached hydrogens (tertiary/aromatic N) is 1. The van der Waals surface area contributed by atoms with E-state index in [1.807, 2.05) is 67.3 Å². The van der Waals surface area contributed by atoms with Gasteiger partial charge in [0.15, 0.2) is 0 Å². The number of carbonyl (C=O) groups excluding carboxylic acids is 1. The monoisotopic (exact) mass is 325 g/mol. The van der Waals surface area contributed by atoms with Crippen molar-refractivity contribution in [3.63, 3.8) is 0 Å². The second-order valence-corrected chi connectivity index (χ2v) is 6.83. The molecular weight excluding hydrogens is 306 g/mol. The van der Waals surface area contributed by atoms with Crippen LogP contribution >= 0.6 is 11.3 Å². The Morgan fingerprint density at radius 3 is 2.48 bits per heavy atom. The first-order valence-corrected chi connectivity index (χ1v) is 8.38. The molecule has 118 valence electrons. The Morgan fingerprint density at radius 1 is 1.09 bits per heavy atom. The van der Waals surface area contributed by atoms with Gasteiger partial charge in [0.05, 0.1) is 17.7 Å². The van der Waals surface area contributed by atoms with Crippen LogP contribution in [0.25, 0.3) is 0 Å². The molecule has 0 N–H and O–H groups in total. The molecule has 3 nitrogen and oxygen atoms in total. The molecule has 0 atom stereocenters. The van der Waals surface area contributed by atoms with Gasteiger partial charge in [0.1, 0.15) is 5.76 Å². The van der Waals surface area contributed by atoms with E-state index in [0.29, 0.717) is 13.1 Å². The molecular formula is C19H19NO2S. The van der Waals surface area contributed by atoms with Gasteiger partial charge < -0.3 is 9.32 Å². The maximum atomic E-state index is 12.9. The fraction of sp³-hybridized carbons (Fsp3) is 0.211. The van der Waals surface area contributed by atoms with Crippen LogP contribution in [-0.4, -0.2) is 10.8 Å². The van der Waals surface area contributed by atoms with E-state index < -0.39 is 0 Å². The van der Waals surface area contributed by atoms with Crippen LogP contribution in [-0.2, 0) is 13.1 Å². The number of benzene rings is 1. The second-order valence-electron chi connectivity index (χ2n) is 5.58. The predicted molar refractivity (Wildman–Crippen MR) is 92.5 cm³/mol. The van der Waals surface area contributed by atoms with Gasteiger partial charge in [-0.15, -0.1) is 11.3 Å². The van der Waals surface area contributed by atoms with Crippen LogP contribution in [0.15, 0.2) is 59.2 Å². The molecule has 0 unspecified atom stereocenters. The molecule has 0 radical (unpaired) electrons. The van der Waals surface area contributed by atoms with Crippen LogP contribution in [0.4, 0.5) is 0 Å². The molecule has 2 aromatic heterocycles. The standard InChI is InChI=1S/C19H19NO2S/c1-14-11-18(23-15(14)2)19(21)20(13-17-9-6-10-22-17)12-16-7-4-3-5-8-16/h3-11H,12-13H2,1-2H3. The van der Waals surface area contributed by atoms with Crippen LogP contribution in [0.5, 0.6) is 0 Å². The van der Waals surface area contributed by atoms with Crippen molar-refractivity contribution in [3.05, 3.63) is 81.4 Å². The highest BCUT2D eigenvalue weighted by Crippen LogP contribution is 2.24. The molecule has 0 aliphatic heterocycles.